The van der Waals surface area contributed by atoms with E-state index in [2.05, 4.69) is 4.98 Å². The summed E-state index contributed by atoms with van der Waals surface area (Å²) in [5, 5.41) is 1.07. The summed E-state index contributed by atoms with van der Waals surface area (Å²) in [6.45, 7) is 0.948. The van der Waals surface area contributed by atoms with Crippen LogP contribution in [0, 0.1) is 5.82 Å². The van der Waals surface area contributed by atoms with Crippen molar-refractivity contribution in [2.45, 2.75) is 24.8 Å². The molecule has 3 heterocycles. The molecule has 4 rings (SSSR count). The van der Waals surface area contributed by atoms with Crippen molar-refractivity contribution in [3.63, 3.8) is 0 Å². The van der Waals surface area contributed by atoms with Crippen molar-refractivity contribution in [2.75, 3.05) is 13.1 Å². The Morgan fingerprint density at radius 2 is 1.83 bits per heavy atom. The van der Waals surface area contributed by atoms with Crippen molar-refractivity contribution >= 4 is 17.8 Å². The van der Waals surface area contributed by atoms with Crippen molar-refractivity contribution in [2.24, 2.45) is 0 Å². The van der Waals surface area contributed by atoms with Gasteiger partial charge in [0.1, 0.15) is 11.5 Å². The molecule has 2 amide bonds. The molecule has 1 unspecified atom stereocenters. The minimum Gasteiger partial charge on any atom is -0.333 e. The van der Waals surface area contributed by atoms with Crippen LogP contribution in [0.5, 0.6) is 0 Å². The zero-order valence-corrected chi connectivity index (χ0v) is 16.5. The number of carbonyl (C=O) groups is 1. The van der Waals surface area contributed by atoms with Crippen LogP contribution in [0.1, 0.15) is 11.1 Å². The highest BCUT2D eigenvalue weighted by molar-refractivity contribution is 8.02. The van der Waals surface area contributed by atoms with Crippen LogP contribution in [0.15, 0.2) is 59.9 Å². The monoisotopic (exact) mass is 438 g/mol. The summed E-state index contributed by atoms with van der Waals surface area (Å²) in [7, 11) is 0. The van der Waals surface area contributed by atoms with Gasteiger partial charge in [0.05, 0.1) is 0 Å². The zero-order chi connectivity index (χ0) is 21.3. The largest absolute Gasteiger partial charge is 0.431 e. The molecule has 0 spiro atoms. The molecule has 0 saturated carbocycles. The number of hydrogen-bond donors (Lipinski definition) is 0. The number of rotatable bonds is 5. The lowest BCUT2D eigenvalue weighted by atomic mass is 10.2. The van der Waals surface area contributed by atoms with E-state index in [0.717, 1.165) is 22.7 Å². The van der Waals surface area contributed by atoms with Crippen molar-refractivity contribution in [1.29, 1.82) is 0 Å². The first-order chi connectivity index (χ1) is 14.3. The highest BCUT2D eigenvalue weighted by Gasteiger charge is 2.47. The maximum Gasteiger partial charge on any atom is 0.431 e. The van der Waals surface area contributed by atoms with Gasteiger partial charge in [-0.3, -0.25) is 9.88 Å². The van der Waals surface area contributed by atoms with Crippen LogP contribution in [0.4, 0.5) is 22.4 Å². The maximum absolute atomic E-state index is 13.6. The van der Waals surface area contributed by atoms with Gasteiger partial charge in [0.25, 0.3) is 0 Å². The van der Waals surface area contributed by atoms with Gasteiger partial charge in [-0.2, -0.15) is 13.2 Å². The standard InChI is InChI=1S/C20H18F4N4OS/c21-16-5-3-14(4-6-16)11-26-8-9-27(18(26)29)19-28(12-15-2-1-7-25-10-15)17(13-30-19)20(22,23)24/h1-7,10,13,19H,8-9,11-12H2. The number of aromatic nitrogens is 1. The summed E-state index contributed by atoms with van der Waals surface area (Å²) >= 11 is 0.968. The van der Waals surface area contributed by atoms with Crippen LogP contribution in [-0.4, -0.2) is 50.5 Å². The molecule has 158 valence electrons. The summed E-state index contributed by atoms with van der Waals surface area (Å²) in [6.07, 6.45) is -1.46. The van der Waals surface area contributed by atoms with Gasteiger partial charge in [0.15, 0.2) is 5.50 Å². The topological polar surface area (TPSA) is 39.7 Å². The molecular formula is C20H18F4N4OS. The number of pyridine rings is 1. The number of hydrogen-bond acceptors (Lipinski definition) is 4. The Morgan fingerprint density at radius 1 is 1.07 bits per heavy atom. The molecule has 1 saturated heterocycles. The Kier molecular flexibility index (Phi) is 5.59. The lowest BCUT2D eigenvalue weighted by Crippen LogP contribution is -2.47. The van der Waals surface area contributed by atoms with Crippen molar-refractivity contribution < 1.29 is 22.4 Å². The molecule has 1 aromatic heterocycles. The van der Waals surface area contributed by atoms with E-state index in [0.29, 0.717) is 18.7 Å². The highest BCUT2D eigenvalue weighted by atomic mass is 32.2. The van der Waals surface area contributed by atoms with Gasteiger partial charge >= 0.3 is 12.2 Å². The molecule has 0 bridgehead atoms. The first-order valence-electron chi connectivity index (χ1n) is 9.21. The van der Waals surface area contributed by atoms with E-state index >= 15 is 0 Å². The zero-order valence-electron chi connectivity index (χ0n) is 15.7. The predicted octanol–water partition coefficient (Wildman–Crippen LogP) is 4.39. The lowest BCUT2D eigenvalue weighted by molar-refractivity contribution is -0.115. The van der Waals surface area contributed by atoms with Gasteiger partial charge < -0.3 is 9.80 Å². The number of urea groups is 1. The summed E-state index contributed by atoms with van der Waals surface area (Å²) < 4.78 is 53.9. The molecule has 2 aliphatic rings. The van der Waals surface area contributed by atoms with Crippen LogP contribution >= 0.6 is 11.8 Å². The third-order valence-electron chi connectivity index (χ3n) is 4.92. The van der Waals surface area contributed by atoms with Gasteiger partial charge in [0.2, 0.25) is 0 Å². The number of carbonyl (C=O) groups excluding carboxylic acids is 1. The minimum atomic E-state index is -4.53. The Balaban J connectivity index is 1.51. The highest BCUT2D eigenvalue weighted by Crippen LogP contribution is 2.43. The average Bonchev–Trinajstić information content (AvgIpc) is 3.28. The Hall–Kier alpha value is -2.75. The molecule has 1 atom stereocenters. The third-order valence-corrected chi connectivity index (χ3v) is 6.04. The minimum absolute atomic E-state index is 0.0153. The Bertz CT molecular complexity index is 936. The molecule has 2 aliphatic heterocycles. The second-order valence-electron chi connectivity index (χ2n) is 6.98. The number of thioether (sulfide) groups is 1. The fourth-order valence-electron chi connectivity index (χ4n) is 3.47. The average molecular weight is 438 g/mol. The fraction of sp³-hybridized carbons (Fsp3) is 0.300. The van der Waals surface area contributed by atoms with Crippen molar-refractivity contribution in [3.8, 4) is 0 Å². The molecule has 2 aromatic rings. The number of allylic oxidation sites excluding steroid dienone is 1. The smallest absolute Gasteiger partial charge is 0.333 e. The van der Waals surface area contributed by atoms with Crippen LogP contribution < -0.4 is 0 Å². The normalized spacial score (nSPS) is 19.6. The quantitative estimate of drug-likeness (QED) is 0.649. The van der Waals surface area contributed by atoms with Crippen LogP contribution in [0.2, 0.25) is 0 Å². The molecule has 1 fully saturated rings. The van der Waals surface area contributed by atoms with E-state index in [9.17, 15) is 22.4 Å². The number of halogens is 4. The summed E-state index contributed by atoms with van der Waals surface area (Å²) in [5.41, 5.74) is -0.194. The molecule has 0 radical (unpaired) electrons. The van der Waals surface area contributed by atoms with E-state index in [1.165, 1.54) is 28.1 Å². The van der Waals surface area contributed by atoms with Crippen LogP contribution in [0.25, 0.3) is 0 Å². The second-order valence-corrected chi connectivity index (χ2v) is 7.91. The SMILES string of the molecule is O=C1N(Cc2ccc(F)cc2)CCN1C1SC=C(C(F)(F)F)N1Cc1cccnc1. The molecular weight excluding hydrogens is 420 g/mol. The van der Waals surface area contributed by atoms with E-state index in [4.69, 9.17) is 0 Å². The number of amides is 2. The number of nitrogens with zero attached hydrogens (tertiary/aromatic N) is 4. The molecule has 30 heavy (non-hydrogen) atoms. The Labute approximate surface area is 175 Å². The van der Waals surface area contributed by atoms with E-state index in [1.54, 1.807) is 35.4 Å². The molecule has 1 aromatic carbocycles. The van der Waals surface area contributed by atoms with E-state index in [-0.39, 0.29) is 24.9 Å². The van der Waals surface area contributed by atoms with Crippen LogP contribution in [0.3, 0.4) is 0 Å². The van der Waals surface area contributed by atoms with Gasteiger partial charge in [-0.05, 0) is 29.3 Å². The van der Waals surface area contributed by atoms with E-state index in [1.807, 2.05) is 0 Å². The number of benzene rings is 1. The molecule has 10 heteroatoms. The fourth-order valence-corrected chi connectivity index (χ4v) is 4.67. The first kappa shape index (κ1) is 20.5. The molecule has 5 nitrogen and oxygen atoms in total. The lowest BCUT2D eigenvalue weighted by Gasteiger charge is -2.35. The predicted molar refractivity (Wildman–Crippen MR) is 104 cm³/mol. The summed E-state index contributed by atoms with van der Waals surface area (Å²) in [6, 6.07) is 8.83. The van der Waals surface area contributed by atoms with Crippen LogP contribution in [-0.2, 0) is 13.1 Å². The van der Waals surface area contributed by atoms with Crippen molar-refractivity contribution in [3.05, 3.63) is 76.8 Å². The summed E-state index contributed by atoms with van der Waals surface area (Å²) in [5.74, 6) is -0.368. The van der Waals surface area contributed by atoms with Gasteiger partial charge in [-0.1, -0.05) is 30.0 Å². The van der Waals surface area contributed by atoms with Gasteiger partial charge in [-0.15, -0.1) is 0 Å². The first-order valence-corrected chi connectivity index (χ1v) is 10.2. The van der Waals surface area contributed by atoms with Gasteiger partial charge in [-0.25, -0.2) is 9.18 Å². The second kappa shape index (κ2) is 8.17. The van der Waals surface area contributed by atoms with Gasteiger partial charge in [0, 0.05) is 44.0 Å². The van der Waals surface area contributed by atoms with E-state index < -0.39 is 17.4 Å². The Morgan fingerprint density at radius 3 is 2.50 bits per heavy atom. The summed E-state index contributed by atoms with van der Waals surface area (Å²) in [4.78, 5) is 21.1. The maximum atomic E-state index is 13.6. The molecule has 0 N–H and O–H groups in total. The molecule has 0 aliphatic carbocycles. The van der Waals surface area contributed by atoms with Crippen molar-refractivity contribution in [1.82, 2.24) is 19.7 Å². The third kappa shape index (κ3) is 4.23. The number of alkyl halides is 3.